The van der Waals surface area contributed by atoms with E-state index in [4.69, 9.17) is 9.47 Å². The molecule has 1 heterocycles. The van der Waals surface area contributed by atoms with E-state index in [1.54, 1.807) is 13.0 Å². The molecule has 0 spiro atoms. The van der Waals surface area contributed by atoms with Gasteiger partial charge in [-0.2, -0.15) is 0 Å². The predicted octanol–water partition coefficient (Wildman–Crippen LogP) is 0.443. The van der Waals surface area contributed by atoms with Crippen molar-refractivity contribution in [3.05, 3.63) is 28.8 Å². The zero-order chi connectivity index (χ0) is 20.1. The van der Waals surface area contributed by atoms with Gasteiger partial charge in [-0.05, 0) is 26.8 Å². The fraction of sp³-hybridized carbons (Fsp3) is 0.444. The number of benzene rings is 1. The van der Waals surface area contributed by atoms with Gasteiger partial charge < -0.3 is 20.1 Å². The second-order valence-corrected chi connectivity index (χ2v) is 6.35. The Morgan fingerprint density at radius 1 is 1.11 bits per heavy atom. The van der Waals surface area contributed by atoms with Crippen molar-refractivity contribution in [3.63, 3.8) is 0 Å². The van der Waals surface area contributed by atoms with Gasteiger partial charge in [0.2, 0.25) is 11.8 Å². The highest BCUT2D eigenvalue weighted by Gasteiger charge is 2.17. The van der Waals surface area contributed by atoms with Crippen LogP contribution in [0.1, 0.15) is 20.8 Å². The van der Waals surface area contributed by atoms with E-state index in [0.717, 1.165) is 0 Å². The van der Waals surface area contributed by atoms with Crippen LogP contribution < -0.4 is 25.7 Å². The van der Waals surface area contributed by atoms with Crippen LogP contribution in [0.5, 0.6) is 11.5 Å². The number of methoxy groups -OCH3 is 2. The monoisotopic (exact) mass is 376 g/mol. The largest absolute Gasteiger partial charge is 0.493 e. The minimum Gasteiger partial charge on any atom is -0.493 e. The third kappa shape index (κ3) is 4.75. The van der Waals surface area contributed by atoms with E-state index in [2.05, 4.69) is 15.6 Å². The molecule has 9 nitrogen and oxygen atoms in total. The molecule has 2 aromatic rings. The van der Waals surface area contributed by atoms with Gasteiger partial charge in [0.1, 0.15) is 12.6 Å². The second kappa shape index (κ2) is 8.52. The van der Waals surface area contributed by atoms with E-state index in [-0.39, 0.29) is 18.5 Å². The Hall–Kier alpha value is -3.10. The number of carbonyl (C=O) groups is 2. The molecule has 0 bridgehead atoms. The minimum absolute atomic E-state index is 0.0314. The first kappa shape index (κ1) is 20.2. The molecule has 9 heteroatoms. The lowest BCUT2D eigenvalue weighted by Gasteiger charge is -2.16. The second-order valence-electron chi connectivity index (χ2n) is 6.35. The van der Waals surface area contributed by atoms with Crippen LogP contribution in [0.15, 0.2) is 23.3 Å². The quantitative estimate of drug-likeness (QED) is 0.725. The van der Waals surface area contributed by atoms with E-state index in [0.29, 0.717) is 22.4 Å². The molecule has 0 aliphatic heterocycles. The number of nitrogens with zero attached hydrogens (tertiary/aromatic N) is 2. The minimum atomic E-state index is -0.714. The zero-order valence-electron chi connectivity index (χ0n) is 16.0. The maximum Gasteiger partial charge on any atom is 0.261 e. The number of aromatic nitrogens is 2. The summed E-state index contributed by atoms with van der Waals surface area (Å²) in [5.74, 6) is 0.0896. The van der Waals surface area contributed by atoms with Crippen LogP contribution >= 0.6 is 0 Å². The van der Waals surface area contributed by atoms with E-state index in [1.807, 2.05) is 13.8 Å². The van der Waals surface area contributed by atoms with Crippen molar-refractivity contribution in [2.24, 2.45) is 0 Å². The van der Waals surface area contributed by atoms with Gasteiger partial charge in [0.15, 0.2) is 11.5 Å². The standard InChI is InChI=1S/C18H24N4O5/c1-10(2)20-17(24)11(3)21-16(23)8-22-9-19-13-7-15(27-5)14(26-4)6-12(13)18(22)25/h6-7,9-11H,8H2,1-5H3,(H,20,24)(H,21,23). The first-order chi connectivity index (χ1) is 12.8. The van der Waals surface area contributed by atoms with Gasteiger partial charge in [0.05, 0.1) is 31.4 Å². The van der Waals surface area contributed by atoms with Crippen molar-refractivity contribution in [2.45, 2.75) is 39.4 Å². The highest BCUT2D eigenvalue weighted by atomic mass is 16.5. The molecule has 2 rings (SSSR count). The summed E-state index contributed by atoms with van der Waals surface area (Å²) in [4.78, 5) is 40.9. The summed E-state index contributed by atoms with van der Waals surface area (Å²) in [5, 5.41) is 5.58. The topological polar surface area (TPSA) is 112 Å². The van der Waals surface area contributed by atoms with Crippen molar-refractivity contribution in [3.8, 4) is 11.5 Å². The van der Waals surface area contributed by atoms with E-state index < -0.39 is 17.5 Å². The molecule has 27 heavy (non-hydrogen) atoms. The lowest BCUT2D eigenvalue weighted by atomic mass is 10.2. The Kier molecular flexibility index (Phi) is 6.38. The van der Waals surface area contributed by atoms with E-state index in [9.17, 15) is 14.4 Å². The average molecular weight is 376 g/mol. The molecular formula is C18H24N4O5. The van der Waals surface area contributed by atoms with Gasteiger partial charge >= 0.3 is 0 Å². The number of hydrogen-bond donors (Lipinski definition) is 2. The van der Waals surface area contributed by atoms with Crippen LogP contribution in [0.2, 0.25) is 0 Å². The lowest BCUT2D eigenvalue weighted by Crippen LogP contribution is -2.48. The molecular weight excluding hydrogens is 352 g/mol. The smallest absolute Gasteiger partial charge is 0.261 e. The first-order valence-electron chi connectivity index (χ1n) is 8.47. The molecule has 0 fully saturated rings. The fourth-order valence-electron chi connectivity index (χ4n) is 2.51. The summed E-state index contributed by atoms with van der Waals surface area (Å²) in [6, 6.07) is 2.37. The number of fused-ring (bicyclic) bond motifs is 1. The summed E-state index contributed by atoms with van der Waals surface area (Å²) in [7, 11) is 2.96. The van der Waals surface area contributed by atoms with Crippen molar-refractivity contribution in [1.82, 2.24) is 20.2 Å². The van der Waals surface area contributed by atoms with Crippen LogP contribution in [0, 0.1) is 0 Å². The van der Waals surface area contributed by atoms with Crippen LogP contribution in [-0.4, -0.2) is 47.7 Å². The van der Waals surface area contributed by atoms with E-state index >= 15 is 0 Å². The molecule has 0 radical (unpaired) electrons. The number of nitrogens with one attached hydrogen (secondary N) is 2. The summed E-state index contributed by atoms with van der Waals surface area (Å²) < 4.78 is 11.6. The maximum atomic E-state index is 12.7. The van der Waals surface area contributed by atoms with Gasteiger partial charge in [-0.1, -0.05) is 0 Å². The van der Waals surface area contributed by atoms with Gasteiger partial charge in [-0.25, -0.2) is 4.98 Å². The molecule has 0 saturated heterocycles. The highest BCUT2D eigenvalue weighted by molar-refractivity contribution is 5.87. The Morgan fingerprint density at radius 2 is 1.74 bits per heavy atom. The molecule has 2 N–H and O–H groups in total. The number of amides is 2. The molecule has 146 valence electrons. The molecule has 1 aromatic heterocycles. The summed E-state index contributed by atoms with van der Waals surface area (Å²) >= 11 is 0. The summed E-state index contributed by atoms with van der Waals surface area (Å²) in [6.07, 6.45) is 1.29. The van der Waals surface area contributed by atoms with Gasteiger partial charge in [0, 0.05) is 12.1 Å². The van der Waals surface area contributed by atoms with Crippen molar-refractivity contribution in [1.29, 1.82) is 0 Å². The molecule has 0 aliphatic carbocycles. The normalized spacial score (nSPS) is 11.9. The number of rotatable bonds is 7. The SMILES string of the molecule is COc1cc2ncn(CC(=O)NC(C)C(=O)NC(C)C)c(=O)c2cc1OC. The van der Waals surface area contributed by atoms with Gasteiger partial charge in [-0.3, -0.25) is 19.0 Å². The number of carbonyl (C=O) groups excluding carboxylic acids is 2. The molecule has 0 aliphatic rings. The molecule has 2 amide bonds. The van der Waals surface area contributed by atoms with E-state index in [1.165, 1.54) is 31.2 Å². The highest BCUT2D eigenvalue weighted by Crippen LogP contribution is 2.29. The molecule has 1 aromatic carbocycles. The Bertz CT molecular complexity index is 906. The fourth-order valence-corrected chi connectivity index (χ4v) is 2.51. The Labute approximate surface area is 156 Å². The third-order valence-corrected chi connectivity index (χ3v) is 3.85. The predicted molar refractivity (Wildman–Crippen MR) is 100.0 cm³/mol. The first-order valence-corrected chi connectivity index (χ1v) is 8.47. The Morgan fingerprint density at radius 3 is 2.33 bits per heavy atom. The average Bonchev–Trinajstić information content (AvgIpc) is 2.62. The summed E-state index contributed by atoms with van der Waals surface area (Å²) in [5.41, 5.74) is 0.0365. The van der Waals surface area contributed by atoms with Crippen molar-refractivity contribution < 1.29 is 19.1 Å². The zero-order valence-corrected chi connectivity index (χ0v) is 16.0. The molecule has 1 atom stereocenters. The number of hydrogen-bond acceptors (Lipinski definition) is 6. The van der Waals surface area contributed by atoms with Gasteiger partial charge in [0.25, 0.3) is 5.56 Å². The van der Waals surface area contributed by atoms with Crippen molar-refractivity contribution in [2.75, 3.05) is 14.2 Å². The molecule has 0 saturated carbocycles. The van der Waals surface area contributed by atoms with Crippen LogP contribution in [0.4, 0.5) is 0 Å². The van der Waals surface area contributed by atoms with Crippen LogP contribution in [-0.2, 0) is 16.1 Å². The Balaban J connectivity index is 2.21. The number of ether oxygens (including phenoxy) is 2. The van der Waals surface area contributed by atoms with Crippen LogP contribution in [0.3, 0.4) is 0 Å². The molecule has 1 unspecified atom stereocenters. The summed E-state index contributed by atoms with van der Waals surface area (Å²) in [6.45, 7) is 4.98. The lowest BCUT2D eigenvalue weighted by molar-refractivity contribution is -0.129. The third-order valence-electron chi connectivity index (χ3n) is 3.85. The van der Waals surface area contributed by atoms with Crippen LogP contribution in [0.25, 0.3) is 10.9 Å². The van der Waals surface area contributed by atoms with Gasteiger partial charge in [-0.15, -0.1) is 0 Å². The maximum absolute atomic E-state index is 12.7. The van der Waals surface area contributed by atoms with Crippen molar-refractivity contribution >= 4 is 22.7 Å².